The quantitative estimate of drug-likeness (QED) is 0.503. The molecule has 3 atom stereocenters. The van der Waals surface area contributed by atoms with E-state index in [0.717, 1.165) is 11.8 Å². The van der Waals surface area contributed by atoms with Gasteiger partial charge in [-0.25, -0.2) is 0 Å². The van der Waals surface area contributed by atoms with E-state index < -0.39 is 48.1 Å². The van der Waals surface area contributed by atoms with Crippen LogP contribution >= 0.6 is 0 Å². The fourth-order valence-electron chi connectivity index (χ4n) is 4.67. The molecule has 3 rings (SSSR count). The number of alkyl halides is 3. The molecule has 0 spiro atoms. The first-order chi connectivity index (χ1) is 17.8. The maximum atomic E-state index is 14.7. The first-order valence-corrected chi connectivity index (χ1v) is 12.3. The Morgan fingerprint density at radius 3 is 2.03 bits per heavy atom. The number of amides is 3. The summed E-state index contributed by atoms with van der Waals surface area (Å²) in [7, 11) is 0. The van der Waals surface area contributed by atoms with Crippen LogP contribution in [-0.4, -0.2) is 56.6 Å². The topological polar surface area (TPSA) is 89.9 Å². The molecule has 0 saturated heterocycles. The smallest absolute Gasteiger partial charge is 0.362 e. The van der Waals surface area contributed by atoms with Gasteiger partial charge < -0.3 is 15.3 Å². The number of halogens is 3. The number of hydrogen-bond acceptors (Lipinski definition) is 4. The van der Waals surface area contributed by atoms with Gasteiger partial charge in [0.1, 0.15) is 6.04 Å². The van der Waals surface area contributed by atoms with Crippen LogP contribution in [0.5, 0.6) is 0 Å². The Balaban J connectivity index is 2.34. The third kappa shape index (κ3) is 6.07. The Morgan fingerprint density at radius 2 is 1.55 bits per heavy atom. The first-order valence-electron chi connectivity index (χ1n) is 12.3. The minimum absolute atomic E-state index is 0.000218. The largest absolute Gasteiger partial charge is 0.438 e. The van der Waals surface area contributed by atoms with E-state index in [4.69, 9.17) is 0 Å². The van der Waals surface area contributed by atoms with Crippen LogP contribution in [0.4, 0.5) is 13.2 Å². The Kier molecular flexibility index (Phi) is 8.66. The molecule has 38 heavy (non-hydrogen) atoms. The first kappa shape index (κ1) is 28.9. The van der Waals surface area contributed by atoms with E-state index in [1.165, 1.54) is 18.0 Å². The highest BCUT2D eigenvalue weighted by Gasteiger charge is 2.63. The zero-order valence-electron chi connectivity index (χ0n) is 21.7. The van der Waals surface area contributed by atoms with E-state index in [0.29, 0.717) is 11.1 Å². The predicted octanol–water partition coefficient (Wildman–Crippen LogP) is 4.09. The lowest BCUT2D eigenvalue weighted by Crippen LogP contribution is -2.72. The molecule has 0 aliphatic carbocycles. The zero-order chi connectivity index (χ0) is 28.3. The summed E-state index contributed by atoms with van der Waals surface area (Å²) >= 11 is 0. The van der Waals surface area contributed by atoms with Crippen molar-refractivity contribution in [2.24, 2.45) is 5.92 Å². The number of benzene rings is 2. The van der Waals surface area contributed by atoms with Gasteiger partial charge in [-0.05, 0) is 29.9 Å². The molecule has 2 N–H and O–H groups in total. The lowest BCUT2D eigenvalue weighted by Gasteiger charge is -2.48. The van der Waals surface area contributed by atoms with Gasteiger partial charge in [0.05, 0.1) is 11.7 Å². The number of carbonyl (C=O) groups is 3. The van der Waals surface area contributed by atoms with Crippen LogP contribution < -0.4 is 5.32 Å². The third-order valence-corrected chi connectivity index (χ3v) is 6.37. The fourth-order valence-corrected chi connectivity index (χ4v) is 4.67. The van der Waals surface area contributed by atoms with Crippen molar-refractivity contribution in [2.45, 2.75) is 64.5 Å². The molecule has 0 fully saturated rings. The van der Waals surface area contributed by atoms with Crippen LogP contribution in [0, 0.1) is 5.92 Å². The van der Waals surface area contributed by atoms with Gasteiger partial charge in [0.2, 0.25) is 11.8 Å². The normalized spacial score (nSPS) is 18.6. The predicted molar refractivity (Wildman–Crippen MR) is 136 cm³/mol. The summed E-state index contributed by atoms with van der Waals surface area (Å²) < 4.78 is 44.0. The Morgan fingerprint density at radius 1 is 1.00 bits per heavy atom. The molecule has 0 radical (unpaired) electrons. The molecule has 204 valence electrons. The molecule has 10 heteroatoms. The van der Waals surface area contributed by atoms with E-state index in [-0.39, 0.29) is 18.0 Å². The van der Waals surface area contributed by atoms with Crippen molar-refractivity contribution in [3.8, 4) is 0 Å². The van der Waals surface area contributed by atoms with Crippen molar-refractivity contribution in [1.29, 1.82) is 0 Å². The van der Waals surface area contributed by atoms with Crippen LogP contribution in [0.15, 0.2) is 66.9 Å². The summed E-state index contributed by atoms with van der Waals surface area (Å²) in [5, 5.41) is 12.9. The molecule has 0 aromatic heterocycles. The van der Waals surface area contributed by atoms with Gasteiger partial charge in [0.25, 0.3) is 11.6 Å². The summed E-state index contributed by atoms with van der Waals surface area (Å²) in [4.78, 5) is 40.9. The van der Waals surface area contributed by atoms with Crippen molar-refractivity contribution < 1.29 is 32.7 Å². The van der Waals surface area contributed by atoms with Crippen molar-refractivity contribution >= 4 is 23.4 Å². The average molecular weight is 532 g/mol. The standard InChI is InChI=1S/C28H32F3N3O4/c1-18(2)15-23-26(37)34(24(17-33(23)20(4)36)22-13-9-6-10-14-22)25(16-21-11-7-5-8-12-21)27(38,28(29,30)31)32-19(3)35/h5-14,17-18,23,25,38H,15-16H2,1-4H3,(H,32,35). The monoisotopic (exact) mass is 531 g/mol. The maximum absolute atomic E-state index is 14.7. The molecule has 1 aliphatic heterocycles. The molecule has 1 aliphatic rings. The van der Waals surface area contributed by atoms with Crippen LogP contribution in [0.1, 0.15) is 45.2 Å². The van der Waals surface area contributed by atoms with Gasteiger partial charge in [0.15, 0.2) is 0 Å². The van der Waals surface area contributed by atoms with Crippen molar-refractivity contribution in [1.82, 2.24) is 15.1 Å². The van der Waals surface area contributed by atoms with Gasteiger partial charge in [-0.2, -0.15) is 13.2 Å². The lowest BCUT2D eigenvalue weighted by molar-refractivity contribution is -0.287. The fraction of sp³-hybridized carbons (Fsp3) is 0.393. The summed E-state index contributed by atoms with van der Waals surface area (Å²) in [5.41, 5.74) is -3.04. The maximum Gasteiger partial charge on any atom is 0.438 e. The molecule has 1 heterocycles. The number of nitrogens with one attached hydrogen (secondary N) is 1. The molecule has 3 amide bonds. The number of carbonyl (C=O) groups excluding carboxylic acids is 3. The summed E-state index contributed by atoms with van der Waals surface area (Å²) in [5.74, 6) is -2.45. The van der Waals surface area contributed by atoms with Crippen molar-refractivity contribution in [2.75, 3.05) is 0 Å². The Hall–Kier alpha value is -3.66. The molecule has 3 unspecified atom stereocenters. The van der Waals surface area contributed by atoms with E-state index in [2.05, 4.69) is 0 Å². The highest BCUT2D eigenvalue weighted by Crippen LogP contribution is 2.40. The van der Waals surface area contributed by atoms with Crippen molar-refractivity contribution in [3.05, 3.63) is 78.0 Å². The van der Waals surface area contributed by atoms with Gasteiger partial charge in [0, 0.05) is 20.0 Å². The van der Waals surface area contributed by atoms with E-state index in [9.17, 15) is 32.7 Å². The molecule has 7 nitrogen and oxygen atoms in total. The molecule has 0 saturated carbocycles. The molecular weight excluding hydrogens is 499 g/mol. The highest BCUT2D eigenvalue weighted by molar-refractivity contribution is 5.97. The second-order valence-corrected chi connectivity index (χ2v) is 9.81. The zero-order valence-corrected chi connectivity index (χ0v) is 21.7. The van der Waals surface area contributed by atoms with Crippen molar-refractivity contribution in [3.63, 3.8) is 0 Å². The van der Waals surface area contributed by atoms with Crippen LogP contribution in [0.3, 0.4) is 0 Å². The van der Waals surface area contributed by atoms with E-state index >= 15 is 0 Å². The number of hydrogen-bond donors (Lipinski definition) is 2. The number of rotatable bonds is 8. The van der Waals surface area contributed by atoms with Crippen LogP contribution in [0.25, 0.3) is 5.70 Å². The third-order valence-electron chi connectivity index (χ3n) is 6.37. The summed E-state index contributed by atoms with van der Waals surface area (Å²) in [6.45, 7) is 5.80. The van der Waals surface area contributed by atoms with E-state index in [1.54, 1.807) is 66.0 Å². The Labute approximate surface area is 219 Å². The second-order valence-electron chi connectivity index (χ2n) is 9.81. The lowest BCUT2D eigenvalue weighted by atomic mass is 9.89. The highest BCUT2D eigenvalue weighted by atomic mass is 19.4. The summed E-state index contributed by atoms with van der Waals surface area (Å²) in [6, 6.07) is 13.2. The van der Waals surface area contributed by atoms with Gasteiger partial charge in [-0.3, -0.25) is 19.3 Å². The van der Waals surface area contributed by atoms with E-state index in [1.807, 2.05) is 13.8 Å². The van der Waals surface area contributed by atoms with Crippen LogP contribution in [-0.2, 0) is 20.8 Å². The Bertz CT molecular complexity index is 1180. The minimum atomic E-state index is -5.36. The van der Waals surface area contributed by atoms with Gasteiger partial charge >= 0.3 is 6.18 Å². The summed E-state index contributed by atoms with van der Waals surface area (Å²) in [6.07, 6.45) is -4.27. The molecular formula is C28H32F3N3O4. The SMILES string of the molecule is CC(=O)NC(O)(C(Cc1ccccc1)N1C(=O)C(CC(C)C)N(C(C)=O)C=C1c1ccccc1)C(F)(F)F. The average Bonchev–Trinajstić information content (AvgIpc) is 2.83. The van der Waals surface area contributed by atoms with Crippen LogP contribution in [0.2, 0.25) is 0 Å². The number of nitrogens with zero attached hydrogens (tertiary/aromatic N) is 2. The number of aliphatic hydroxyl groups is 1. The van der Waals surface area contributed by atoms with Gasteiger partial charge in [-0.15, -0.1) is 0 Å². The molecule has 0 bridgehead atoms. The van der Waals surface area contributed by atoms with Gasteiger partial charge in [-0.1, -0.05) is 74.5 Å². The minimum Gasteiger partial charge on any atom is -0.362 e. The second kappa shape index (κ2) is 11.4. The molecule has 2 aromatic carbocycles. The molecule has 2 aromatic rings.